The lowest BCUT2D eigenvalue weighted by Gasteiger charge is -2.13. The Balaban J connectivity index is 4.02. The molecule has 1 radical (unpaired) electrons. The summed E-state index contributed by atoms with van der Waals surface area (Å²) in [5, 5.41) is 9.04. The van der Waals surface area contributed by atoms with Crippen LogP contribution in [-0.2, 0) is 5.11 Å². The average Bonchev–Trinajstić information content (AvgIpc) is 1.25. The summed E-state index contributed by atoms with van der Waals surface area (Å²) in [6, 6.07) is 0. The Morgan fingerprint density at radius 2 is 1.25 bits per heavy atom. The van der Waals surface area contributed by atoms with Gasteiger partial charge in [0.15, 0.2) is 0 Å². The van der Waals surface area contributed by atoms with E-state index in [0.717, 1.165) is 0 Å². The predicted molar refractivity (Wildman–Crippen MR) is 16.3 cm³/mol. The predicted octanol–water partition coefficient (Wildman–Crippen LogP) is 1.66. The van der Waals surface area contributed by atoms with E-state index in [9.17, 15) is 17.6 Å². The molecule has 49 valence electrons. The highest BCUT2D eigenvalue weighted by atomic mass is 19.3. The topological polar surface area (TPSA) is 19.9 Å². The molecular weight excluding hydrogens is 128 g/mol. The van der Waals surface area contributed by atoms with Crippen LogP contribution in [0.15, 0.2) is 0 Å². The highest BCUT2D eigenvalue weighted by molar-refractivity contribution is 4.66. The van der Waals surface area contributed by atoms with Gasteiger partial charge >= 0.3 is 12.0 Å². The van der Waals surface area contributed by atoms with Crippen molar-refractivity contribution in [2.45, 2.75) is 19.0 Å². The maximum absolute atomic E-state index is 11.2. The normalized spacial score (nSPS) is 14.2. The Morgan fingerprint density at radius 3 is 1.25 bits per heavy atom. The monoisotopic (exact) mass is 131 g/mol. The van der Waals surface area contributed by atoms with Gasteiger partial charge < -0.3 is 0 Å². The molecule has 5 heteroatoms. The SMILES string of the molecule is CC(F)(F)C([O])(F)F. The first-order chi connectivity index (χ1) is 3.25. The van der Waals surface area contributed by atoms with E-state index in [2.05, 4.69) is 0 Å². The van der Waals surface area contributed by atoms with Gasteiger partial charge in [-0.2, -0.15) is 22.7 Å². The zero-order valence-corrected chi connectivity index (χ0v) is 3.92. The molecule has 0 unspecified atom stereocenters. The van der Waals surface area contributed by atoms with E-state index < -0.39 is 12.0 Å². The minimum atomic E-state index is -5.15. The third kappa shape index (κ3) is 1.65. The Morgan fingerprint density at radius 1 is 1.12 bits per heavy atom. The lowest BCUT2D eigenvalue weighted by Crippen LogP contribution is -2.35. The van der Waals surface area contributed by atoms with Crippen LogP contribution in [0.2, 0.25) is 0 Å². The smallest absolute Gasteiger partial charge is 0.197 e. The Kier molecular flexibility index (Phi) is 1.52. The molecular formula is C3H3F4O. The molecule has 0 rings (SSSR count). The summed E-state index contributed by atoms with van der Waals surface area (Å²) < 4.78 is 44.2. The second kappa shape index (κ2) is 1.58. The fourth-order valence-electron chi connectivity index (χ4n) is 0. The van der Waals surface area contributed by atoms with Crippen molar-refractivity contribution in [3.8, 4) is 0 Å². The van der Waals surface area contributed by atoms with Crippen molar-refractivity contribution in [1.82, 2.24) is 0 Å². The summed E-state index contributed by atoms with van der Waals surface area (Å²) >= 11 is 0. The molecule has 0 aromatic heterocycles. The molecule has 0 aromatic rings. The molecule has 0 saturated carbocycles. The molecule has 0 atom stereocenters. The van der Waals surface area contributed by atoms with Gasteiger partial charge in [-0.05, 0) is 0 Å². The fourth-order valence-corrected chi connectivity index (χ4v) is 0. The van der Waals surface area contributed by atoms with Gasteiger partial charge in [0.05, 0.1) is 0 Å². The molecule has 0 heterocycles. The largest absolute Gasteiger partial charge is 0.444 e. The van der Waals surface area contributed by atoms with E-state index >= 15 is 0 Å². The lowest BCUT2D eigenvalue weighted by atomic mass is 10.4. The zero-order valence-electron chi connectivity index (χ0n) is 3.92. The quantitative estimate of drug-likeness (QED) is 0.482. The zero-order chi connectivity index (χ0) is 7.00. The van der Waals surface area contributed by atoms with Crippen LogP contribution in [-0.4, -0.2) is 12.0 Å². The van der Waals surface area contributed by atoms with Crippen molar-refractivity contribution < 1.29 is 22.7 Å². The average molecular weight is 131 g/mol. The number of rotatable bonds is 1. The first-order valence-electron chi connectivity index (χ1n) is 1.71. The molecule has 0 aromatic carbocycles. The van der Waals surface area contributed by atoms with Crippen LogP contribution in [0.25, 0.3) is 0 Å². The number of hydrogen-bond donors (Lipinski definition) is 0. The molecule has 0 aliphatic heterocycles. The second-order valence-corrected chi connectivity index (χ2v) is 1.41. The van der Waals surface area contributed by atoms with Crippen LogP contribution in [0.4, 0.5) is 17.6 Å². The Bertz CT molecular complexity index is 66.3. The standard InChI is InChI=1S/C3H3F4O/c1-2(4,5)3(6,7)8/h1H3. The Labute approximate surface area is 42.9 Å². The molecule has 0 spiro atoms. The van der Waals surface area contributed by atoms with Crippen LogP contribution < -0.4 is 0 Å². The first kappa shape index (κ1) is 7.68. The molecule has 0 fully saturated rings. The van der Waals surface area contributed by atoms with Gasteiger partial charge in [-0.25, -0.2) is 0 Å². The third-order valence-electron chi connectivity index (χ3n) is 0.511. The van der Waals surface area contributed by atoms with Gasteiger partial charge in [0, 0.05) is 6.92 Å². The molecule has 0 amide bonds. The highest BCUT2D eigenvalue weighted by Gasteiger charge is 2.52. The summed E-state index contributed by atoms with van der Waals surface area (Å²) in [5.41, 5.74) is 0. The number of alkyl halides is 4. The summed E-state index contributed by atoms with van der Waals surface area (Å²) in [5.74, 6) is -4.45. The molecule has 0 aliphatic rings. The summed E-state index contributed by atoms with van der Waals surface area (Å²) in [4.78, 5) is 0. The lowest BCUT2D eigenvalue weighted by molar-refractivity contribution is -0.347. The van der Waals surface area contributed by atoms with Crippen LogP contribution in [0.5, 0.6) is 0 Å². The van der Waals surface area contributed by atoms with Gasteiger partial charge in [-0.15, -0.1) is 0 Å². The van der Waals surface area contributed by atoms with Crippen molar-refractivity contribution in [1.29, 1.82) is 0 Å². The maximum atomic E-state index is 11.2. The molecule has 0 saturated heterocycles. The highest BCUT2D eigenvalue weighted by Crippen LogP contribution is 2.30. The number of halogens is 4. The second-order valence-electron chi connectivity index (χ2n) is 1.41. The van der Waals surface area contributed by atoms with Gasteiger partial charge in [0.2, 0.25) is 0 Å². The van der Waals surface area contributed by atoms with E-state index in [-0.39, 0.29) is 6.92 Å². The molecule has 1 nitrogen and oxygen atoms in total. The van der Waals surface area contributed by atoms with E-state index in [1.807, 2.05) is 0 Å². The van der Waals surface area contributed by atoms with Crippen LogP contribution in [0.3, 0.4) is 0 Å². The molecule has 8 heavy (non-hydrogen) atoms. The summed E-state index contributed by atoms with van der Waals surface area (Å²) in [6.45, 7) is -0.125. The fraction of sp³-hybridized carbons (Fsp3) is 1.00. The van der Waals surface area contributed by atoms with E-state index in [4.69, 9.17) is 5.11 Å². The minimum Gasteiger partial charge on any atom is -0.197 e. The van der Waals surface area contributed by atoms with Gasteiger partial charge in [0.25, 0.3) is 0 Å². The van der Waals surface area contributed by atoms with Crippen molar-refractivity contribution in [3.05, 3.63) is 0 Å². The van der Waals surface area contributed by atoms with Gasteiger partial charge in [-0.1, -0.05) is 0 Å². The first-order valence-corrected chi connectivity index (χ1v) is 1.71. The van der Waals surface area contributed by atoms with Gasteiger partial charge in [0.1, 0.15) is 0 Å². The summed E-state index contributed by atoms with van der Waals surface area (Å²) in [7, 11) is 0. The van der Waals surface area contributed by atoms with Crippen molar-refractivity contribution in [2.24, 2.45) is 0 Å². The van der Waals surface area contributed by atoms with Crippen LogP contribution >= 0.6 is 0 Å². The summed E-state index contributed by atoms with van der Waals surface area (Å²) in [6.07, 6.45) is -5.15. The maximum Gasteiger partial charge on any atom is 0.444 e. The Hall–Kier alpha value is -0.320. The van der Waals surface area contributed by atoms with Crippen LogP contribution in [0.1, 0.15) is 6.92 Å². The third-order valence-corrected chi connectivity index (χ3v) is 0.511. The van der Waals surface area contributed by atoms with Crippen LogP contribution in [0, 0.1) is 0 Å². The van der Waals surface area contributed by atoms with E-state index in [0.29, 0.717) is 0 Å². The van der Waals surface area contributed by atoms with Crippen molar-refractivity contribution >= 4 is 0 Å². The molecule has 0 aliphatic carbocycles. The van der Waals surface area contributed by atoms with Gasteiger partial charge in [-0.3, -0.25) is 0 Å². The van der Waals surface area contributed by atoms with E-state index in [1.165, 1.54) is 0 Å². The van der Waals surface area contributed by atoms with Crippen molar-refractivity contribution in [3.63, 3.8) is 0 Å². The van der Waals surface area contributed by atoms with Crippen molar-refractivity contribution in [2.75, 3.05) is 0 Å². The molecule has 0 N–H and O–H groups in total. The minimum absolute atomic E-state index is 0.125. The molecule has 0 bridgehead atoms. The van der Waals surface area contributed by atoms with E-state index in [1.54, 1.807) is 0 Å². The number of hydrogen-bond acceptors (Lipinski definition) is 0.